The molecule has 2 atom stereocenters. The van der Waals surface area contributed by atoms with Crippen LogP contribution in [0.25, 0.3) is 0 Å². The second kappa shape index (κ2) is 6.26. The van der Waals surface area contributed by atoms with E-state index in [0.717, 1.165) is 17.7 Å². The van der Waals surface area contributed by atoms with Gasteiger partial charge in [-0.1, -0.05) is 17.7 Å². The first-order valence-corrected chi connectivity index (χ1v) is 7.58. The third-order valence-corrected chi connectivity index (χ3v) is 4.74. The molecule has 0 saturated carbocycles. The number of halogens is 2. The van der Waals surface area contributed by atoms with Gasteiger partial charge in [0, 0.05) is 10.5 Å². The zero-order valence-corrected chi connectivity index (χ0v) is 12.4. The Bertz CT molecular complexity index is 696. The summed E-state index contributed by atoms with van der Waals surface area (Å²) in [6.45, 7) is 3.42. The normalized spacial score (nSPS) is 13.7. The summed E-state index contributed by atoms with van der Waals surface area (Å²) in [5.41, 5.74) is 1.04. The summed E-state index contributed by atoms with van der Waals surface area (Å²) in [6, 6.07) is 9.93. The Labute approximate surface area is 124 Å². The highest BCUT2D eigenvalue weighted by Crippen LogP contribution is 2.17. The molecule has 0 N–H and O–H groups in total. The Morgan fingerprint density at radius 3 is 2.24 bits per heavy atom. The van der Waals surface area contributed by atoms with E-state index in [1.165, 1.54) is 13.0 Å². The fourth-order valence-corrected chi connectivity index (χ4v) is 3.00. The van der Waals surface area contributed by atoms with E-state index in [0.29, 0.717) is 4.90 Å². The van der Waals surface area contributed by atoms with Crippen LogP contribution >= 0.6 is 0 Å². The van der Waals surface area contributed by atoms with Gasteiger partial charge in [0.2, 0.25) is 0 Å². The topological polar surface area (TPSA) is 34.1 Å². The predicted molar refractivity (Wildman–Crippen MR) is 77.7 cm³/mol. The fourth-order valence-electron chi connectivity index (χ4n) is 1.86. The highest BCUT2D eigenvalue weighted by molar-refractivity contribution is 7.86. The van der Waals surface area contributed by atoms with Crippen molar-refractivity contribution < 1.29 is 17.8 Å². The maximum atomic E-state index is 13.2. The Balaban J connectivity index is 2.24. The van der Waals surface area contributed by atoms with Crippen LogP contribution in [0.4, 0.5) is 8.78 Å². The molecule has 0 heterocycles. The van der Waals surface area contributed by atoms with Gasteiger partial charge in [-0.15, -0.1) is 0 Å². The molecule has 0 aliphatic carbocycles. The van der Waals surface area contributed by atoms with Gasteiger partial charge < -0.3 is 0 Å². The zero-order chi connectivity index (χ0) is 15.6. The summed E-state index contributed by atoms with van der Waals surface area (Å²) >= 11 is 0. The molecule has 0 amide bonds. The van der Waals surface area contributed by atoms with Gasteiger partial charge in [0.25, 0.3) is 0 Å². The van der Waals surface area contributed by atoms with Crippen LogP contribution in [0.3, 0.4) is 0 Å². The highest BCUT2D eigenvalue weighted by atomic mass is 32.2. The van der Waals surface area contributed by atoms with Crippen LogP contribution < -0.4 is 0 Å². The summed E-state index contributed by atoms with van der Waals surface area (Å²) in [7, 11) is -1.54. The third kappa shape index (κ3) is 3.42. The van der Waals surface area contributed by atoms with Crippen molar-refractivity contribution in [1.82, 2.24) is 0 Å². The number of ketones is 1. The molecule has 0 saturated heterocycles. The number of hydrogen-bond donors (Lipinski definition) is 0. The van der Waals surface area contributed by atoms with E-state index in [4.69, 9.17) is 0 Å². The monoisotopic (exact) mass is 308 g/mol. The van der Waals surface area contributed by atoms with E-state index >= 15 is 0 Å². The van der Waals surface area contributed by atoms with Crippen LogP contribution in [0, 0.1) is 18.6 Å². The van der Waals surface area contributed by atoms with Crippen molar-refractivity contribution in [3.8, 4) is 0 Å². The smallest absolute Gasteiger partial charge is 0.178 e. The molecule has 2 nitrogen and oxygen atoms in total. The molecule has 2 aromatic carbocycles. The average Bonchev–Trinajstić information content (AvgIpc) is 2.48. The minimum atomic E-state index is -1.54. The first-order chi connectivity index (χ1) is 9.90. The van der Waals surface area contributed by atoms with Gasteiger partial charge >= 0.3 is 0 Å². The van der Waals surface area contributed by atoms with Crippen LogP contribution in [0.1, 0.15) is 22.8 Å². The molecule has 0 aromatic heterocycles. The minimum absolute atomic E-state index is 0.0156. The molecule has 0 radical (unpaired) electrons. The molecular weight excluding hydrogens is 294 g/mol. The SMILES string of the molecule is Cc1ccc(S(=O)C(C)C(=O)c2ccc(F)c(F)c2)cc1. The van der Waals surface area contributed by atoms with Crippen molar-refractivity contribution in [2.45, 2.75) is 24.0 Å². The minimum Gasteiger partial charge on any atom is -0.293 e. The van der Waals surface area contributed by atoms with Crippen LogP contribution in [0.2, 0.25) is 0 Å². The molecule has 21 heavy (non-hydrogen) atoms. The highest BCUT2D eigenvalue weighted by Gasteiger charge is 2.23. The second-order valence-electron chi connectivity index (χ2n) is 4.75. The largest absolute Gasteiger partial charge is 0.293 e. The molecule has 5 heteroatoms. The molecule has 0 aliphatic heterocycles. The molecule has 110 valence electrons. The van der Waals surface area contributed by atoms with Crippen molar-refractivity contribution in [3.63, 3.8) is 0 Å². The number of hydrogen-bond acceptors (Lipinski definition) is 2. The predicted octanol–water partition coefficient (Wildman–Crippen LogP) is 3.65. The maximum absolute atomic E-state index is 13.2. The van der Waals surface area contributed by atoms with Crippen molar-refractivity contribution in [3.05, 3.63) is 65.2 Å². The number of carbonyl (C=O) groups is 1. The molecule has 2 rings (SSSR count). The Morgan fingerprint density at radius 2 is 1.67 bits per heavy atom. The van der Waals surface area contributed by atoms with Gasteiger partial charge in [0.05, 0.1) is 16.0 Å². The van der Waals surface area contributed by atoms with Crippen molar-refractivity contribution in [1.29, 1.82) is 0 Å². The van der Waals surface area contributed by atoms with Crippen LogP contribution in [-0.2, 0) is 10.8 Å². The Morgan fingerprint density at radius 1 is 1.05 bits per heavy atom. The lowest BCUT2D eigenvalue weighted by Gasteiger charge is -2.11. The van der Waals surface area contributed by atoms with Gasteiger partial charge in [-0.05, 0) is 44.2 Å². The Hall–Kier alpha value is -1.88. The number of benzene rings is 2. The van der Waals surface area contributed by atoms with Gasteiger partial charge in [0.1, 0.15) is 0 Å². The molecule has 2 unspecified atom stereocenters. The molecule has 0 spiro atoms. The summed E-state index contributed by atoms with van der Waals surface area (Å²) < 4.78 is 38.4. The summed E-state index contributed by atoms with van der Waals surface area (Å²) in [6.07, 6.45) is 0. The van der Waals surface area contributed by atoms with E-state index in [1.54, 1.807) is 12.1 Å². The zero-order valence-electron chi connectivity index (χ0n) is 11.6. The summed E-state index contributed by atoms with van der Waals surface area (Å²) in [4.78, 5) is 12.7. The lowest BCUT2D eigenvalue weighted by atomic mass is 10.1. The third-order valence-electron chi connectivity index (χ3n) is 3.15. The second-order valence-corrected chi connectivity index (χ2v) is 6.52. The van der Waals surface area contributed by atoms with Gasteiger partial charge in [-0.2, -0.15) is 0 Å². The van der Waals surface area contributed by atoms with E-state index in [1.807, 2.05) is 19.1 Å². The quantitative estimate of drug-likeness (QED) is 0.808. The van der Waals surface area contributed by atoms with E-state index in [2.05, 4.69) is 0 Å². The lowest BCUT2D eigenvalue weighted by Crippen LogP contribution is -2.23. The van der Waals surface area contributed by atoms with Crippen molar-refractivity contribution in [2.75, 3.05) is 0 Å². The summed E-state index contributed by atoms with van der Waals surface area (Å²) in [5.74, 6) is -2.58. The number of Topliss-reactive ketones (excluding diaryl/α,β-unsaturated/α-hetero) is 1. The van der Waals surface area contributed by atoms with Gasteiger partial charge in [-0.3, -0.25) is 9.00 Å². The van der Waals surface area contributed by atoms with Gasteiger partial charge in [-0.25, -0.2) is 8.78 Å². The van der Waals surface area contributed by atoms with Crippen molar-refractivity contribution >= 4 is 16.6 Å². The Kier molecular flexibility index (Phi) is 4.63. The summed E-state index contributed by atoms with van der Waals surface area (Å²) in [5, 5.41) is -0.836. The van der Waals surface area contributed by atoms with Crippen LogP contribution in [0.5, 0.6) is 0 Å². The first kappa shape index (κ1) is 15.5. The molecule has 0 aliphatic rings. The number of aryl methyl sites for hydroxylation is 1. The molecule has 2 aromatic rings. The van der Waals surface area contributed by atoms with Crippen molar-refractivity contribution in [2.24, 2.45) is 0 Å². The molecule has 0 bridgehead atoms. The van der Waals surface area contributed by atoms with Crippen LogP contribution in [0.15, 0.2) is 47.4 Å². The lowest BCUT2D eigenvalue weighted by molar-refractivity contribution is 0.0992. The average molecular weight is 308 g/mol. The number of rotatable bonds is 4. The van der Waals surface area contributed by atoms with Gasteiger partial charge in [0.15, 0.2) is 17.4 Å². The van der Waals surface area contributed by atoms with E-state index < -0.39 is 33.5 Å². The molecule has 0 fully saturated rings. The van der Waals surface area contributed by atoms with Crippen LogP contribution in [-0.4, -0.2) is 15.2 Å². The standard InChI is InChI=1S/C16H14F2O2S/c1-10-3-6-13(7-4-10)21(20)11(2)16(19)12-5-8-14(17)15(18)9-12/h3-9,11H,1-2H3. The van der Waals surface area contributed by atoms with E-state index in [-0.39, 0.29) is 5.56 Å². The van der Waals surface area contributed by atoms with E-state index in [9.17, 15) is 17.8 Å². The molecular formula is C16H14F2O2S. The maximum Gasteiger partial charge on any atom is 0.178 e. The fraction of sp³-hybridized carbons (Fsp3) is 0.188. The number of carbonyl (C=O) groups excluding carboxylic acids is 1. The first-order valence-electron chi connectivity index (χ1n) is 6.36.